The van der Waals surface area contributed by atoms with Crippen LogP contribution < -0.4 is 15.8 Å². The predicted molar refractivity (Wildman–Crippen MR) is 164 cm³/mol. The number of benzene rings is 1. The monoisotopic (exact) mass is 642 g/mol. The Labute approximate surface area is 263 Å². The van der Waals surface area contributed by atoms with Gasteiger partial charge in [-0.05, 0) is 62.7 Å². The van der Waals surface area contributed by atoms with Crippen LogP contribution in [0, 0.1) is 23.7 Å². The SMILES string of the molecule is CC1c2ccc(NC(=O)CC3CCSNC3C3CC3)c(O)c2C(O)=C2C(=O)[C@]3(O)C(O)=C(C(N)=O)C(=O)[C@@H](N(C)C)C3C(O)C21. The van der Waals surface area contributed by atoms with E-state index in [-0.39, 0.29) is 35.5 Å². The molecule has 4 aliphatic carbocycles. The van der Waals surface area contributed by atoms with Crippen molar-refractivity contribution >= 4 is 46.8 Å². The molecule has 0 bridgehead atoms. The first-order chi connectivity index (χ1) is 21.2. The molecule has 1 aromatic rings. The fourth-order valence-corrected chi connectivity index (χ4v) is 9.08. The van der Waals surface area contributed by atoms with Gasteiger partial charge in [0.25, 0.3) is 5.91 Å². The van der Waals surface area contributed by atoms with Crippen molar-refractivity contribution < 1.29 is 44.7 Å². The zero-order valence-electron chi connectivity index (χ0n) is 25.1. The minimum Gasteiger partial charge on any atom is -0.508 e. The van der Waals surface area contributed by atoms with E-state index in [2.05, 4.69) is 10.0 Å². The molecule has 2 amide bonds. The van der Waals surface area contributed by atoms with Gasteiger partial charge in [-0.25, -0.2) is 0 Å². The molecule has 1 aliphatic heterocycles. The Balaban J connectivity index is 1.39. The number of nitrogens with two attached hydrogens (primary N) is 1. The number of aliphatic hydroxyl groups excluding tert-OH is 3. The number of aliphatic hydroxyl groups is 4. The number of hydrogen-bond donors (Lipinski definition) is 8. The molecule has 0 radical (unpaired) electrons. The van der Waals surface area contributed by atoms with Gasteiger partial charge in [-0.1, -0.05) is 24.9 Å². The molecular formula is C31H38N4O9S. The molecule has 1 saturated heterocycles. The van der Waals surface area contributed by atoms with Gasteiger partial charge >= 0.3 is 0 Å². The summed E-state index contributed by atoms with van der Waals surface area (Å²) in [7, 11) is 2.90. The molecule has 1 aromatic carbocycles. The molecule has 3 fully saturated rings. The Morgan fingerprint density at radius 1 is 1.16 bits per heavy atom. The van der Waals surface area contributed by atoms with E-state index < -0.39 is 81.4 Å². The summed E-state index contributed by atoms with van der Waals surface area (Å²) < 4.78 is 3.45. The average Bonchev–Trinajstić information content (AvgIpc) is 3.82. The third-order valence-corrected chi connectivity index (χ3v) is 11.2. The number of nitrogens with zero attached hydrogens (tertiary/aromatic N) is 1. The van der Waals surface area contributed by atoms with Crippen LogP contribution in [0.15, 0.2) is 29.0 Å². The number of Topliss-reactive ketones (excluding diaryl/α,β-unsaturated/α-hetero) is 2. The highest BCUT2D eigenvalue weighted by Crippen LogP contribution is 2.56. The topological polar surface area (TPSA) is 223 Å². The molecule has 1 heterocycles. The van der Waals surface area contributed by atoms with Crippen molar-refractivity contribution in [1.82, 2.24) is 9.62 Å². The first kappa shape index (κ1) is 31.5. The van der Waals surface area contributed by atoms with E-state index >= 15 is 0 Å². The van der Waals surface area contributed by atoms with Crippen LogP contribution in [-0.2, 0) is 19.2 Å². The van der Waals surface area contributed by atoms with Crippen molar-refractivity contribution in [2.75, 3.05) is 25.2 Å². The molecule has 8 atom stereocenters. The molecule has 242 valence electrons. The number of anilines is 1. The maximum atomic E-state index is 14.2. The summed E-state index contributed by atoms with van der Waals surface area (Å²) in [5.74, 6) is -8.42. The van der Waals surface area contributed by atoms with Gasteiger partial charge in [-0.3, -0.25) is 28.8 Å². The van der Waals surface area contributed by atoms with Crippen molar-refractivity contribution in [3.05, 3.63) is 40.2 Å². The largest absolute Gasteiger partial charge is 0.508 e. The van der Waals surface area contributed by atoms with Gasteiger partial charge in [0.15, 0.2) is 11.4 Å². The zero-order chi connectivity index (χ0) is 32.7. The second-order valence-corrected chi connectivity index (χ2v) is 14.0. The van der Waals surface area contributed by atoms with Gasteiger partial charge in [0, 0.05) is 29.7 Å². The number of phenolic OH excluding ortho intramolecular Hbond substituents is 1. The first-order valence-electron chi connectivity index (χ1n) is 15.1. The van der Waals surface area contributed by atoms with Crippen LogP contribution in [0.4, 0.5) is 5.69 Å². The number of phenols is 1. The molecule has 45 heavy (non-hydrogen) atoms. The van der Waals surface area contributed by atoms with Crippen molar-refractivity contribution in [3.8, 4) is 5.75 Å². The van der Waals surface area contributed by atoms with Gasteiger partial charge in [-0.15, -0.1) is 0 Å². The summed E-state index contributed by atoms with van der Waals surface area (Å²) >= 11 is 1.67. The first-order valence-corrected chi connectivity index (χ1v) is 16.1. The number of aromatic hydroxyl groups is 1. The molecule has 14 heteroatoms. The van der Waals surface area contributed by atoms with Crippen LogP contribution in [0.25, 0.3) is 5.76 Å². The average molecular weight is 643 g/mol. The number of rotatable bonds is 6. The van der Waals surface area contributed by atoms with Crippen molar-refractivity contribution in [2.24, 2.45) is 29.4 Å². The third kappa shape index (κ3) is 4.68. The summed E-state index contributed by atoms with van der Waals surface area (Å²) in [5, 5.41) is 60.2. The van der Waals surface area contributed by atoms with Crippen molar-refractivity contribution in [2.45, 2.75) is 62.3 Å². The molecule has 0 spiro atoms. The van der Waals surface area contributed by atoms with E-state index in [0.29, 0.717) is 11.5 Å². The Morgan fingerprint density at radius 2 is 1.84 bits per heavy atom. The van der Waals surface area contributed by atoms with Crippen molar-refractivity contribution in [3.63, 3.8) is 0 Å². The Kier molecular flexibility index (Phi) is 7.80. The van der Waals surface area contributed by atoms with Gasteiger partial charge in [0.2, 0.25) is 11.7 Å². The fourth-order valence-electron chi connectivity index (χ4n) is 7.96. The zero-order valence-corrected chi connectivity index (χ0v) is 25.9. The standard InChI is InChI=1S/C31H38N4O9S/c1-11-14-6-7-15(33-16(36)10-13-8-9-45-34-22(13)12-4-5-12)24(37)18(14)25(38)19-17(11)26(39)21-23(35(2)3)27(40)20(30(32)43)29(42)31(21,44)28(19)41/h6-7,11-13,17,21-23,26,34,37-39,42,44H,4-5,8-10H2,1-3H3,(H2,32,43)(H,33,36)/t11?,13?,17?,21?,22?,23-,26?,31-/m0/s1. The third-order valence-electron chi connectivity index (χ3n) is 10.3. The summed E-state index contributed by atoms with van der Waals surface area (Å²) in [6.07, 6.45) is 1.69. The number of hydrogen-bond acceptors (Lipinski definition) is 12. The second kappa shape index (κ2) is 11.1. The second-order valence-electron chi connectivity index (χ2n) is 13.1. The minimum absolute atomic E-state index is 0.00718. The normalized spacial score (nSPS) is 34.8. The molecule has 13 nitrogen and oxygen atoms in total. The summed E-state index contributed by atoms with van der Waals surface area (Å²) in [4.78, 5) is 54.1. The van der Waals surface area contributed by atoms with E-state index in [9.17, 15) is 44.7 Å². The van der Waals surface area contributed by atoms with Crippen LogP contribution in [0.2, 0.25) is 0 Å². The Hall–Kier alpha value is -3.43. The number of ketones is 2. The van der Waals surface area contributed by atoms with Crippen LogP contribution in [0.1, 0.15) is 49.7 Å². The lowest BCUT2D eigenvalue weighted by Crippen LogP contribution is -2.70. The summed E-state index contributed by atoms with van der Waals surface area (Å²) in [5.41, 5.74) is 1.11. The number of nitrogens with one attached hydrogen (secondary N) is 2. The molecular weight excluding hydrogens is 604 g/mol. The molecule has 6 unspecified atom stereocenters. The maximum Gasteiger partial charge on any atom is 0.255 e. The van der Waals surface area contributed by atoms with Gasteiger partial charge < -0.3 is 36.6 Å². The smallest absolute Gasteiger partial charge is 0.255 e. The fraction of sp³-hybridized carbons (Fsp3) is 0.548. The summed E-state index contributed by atoms with van der Waals surface area (Å²) in [6, 6.07) is 1.87. The molecule has 2 saturated carbocycles. The van der Waals surface area contributed by atoms with Gasteiger partial charge in [0.05, 0.1) is 29.3 Å². The maximum absolute atomic E-state index is 14.2. The Morgan fingerprint density at radius 3 is 2.47 bits per heavy atom. The number of amides is 2. The number of carbonyl (C=O) groups is 4. The van der Waals surface area contributed by atoms with E-state index in [1.165, 1.54) is 25.1 Å². The lowest BCUT2D eigenvalue weighted by Gasteiger charge is -2.53. The van der Waals surface area contributed by atoms with E-state index in [4.69, 9.17) is 5.73 Å². The van der Waals surface area contributed by atoms with Gasteiger partial charge in [-0.2, -0.15) is 0 Å². The highest BCUT2D eigenvalue weighted by Gasteiger charge is 2.68. The minimum atomic E-state index is -2.99. The van der Waals surface area contributed by atoms with Crippen molar-refractivity contribution in [1.29, 1.82) is 0 Å². The number of carbonyl (C=O) groups excluding carboxylic acids is 4. The van der Waals surface area contributed by atoms with Crippen LogP contribution in [-0.4, -0.2) is 97.5 Å². The highest BCUT2D eigenvalue weighted by molar-refractivity contribution is 7.97. The van der Waals surface area contributed by atoms with Crippen LogP contribution in [0.3, 0.4) is 0 Å². The lowest BCUT2D eigenvalue weighted by molar-refractivity contribution is -0.169. The van der Waals surface area contributed by atoms with E-state index in [1.54, 1.807) is 24.9 Å². The molecule has 6 rings (SSSR count). The van der Waals surface area contributed by atoms with Crippen LogP contribution >= 0.6 is 11.9 Å². The molecule has 0 aromatic heterocycles. The van der Waals surface area contributed by atoms with Crippen LogP contribution in [0.5, 0.6) is 5.75 Å². The Bertz CT molecular complexity index is 1570. The lowest BCUT2D eigenvalue weighted by atomic mass is 9.54. The number of fused-ring (bicyclic) bond motifs is 3. The quantitative estimate of drug-likeness (QED) is 0.123. The number of primary amides is 1. The van der Waals surface area contributed by atoms with E-state index in [0.717, 1.165) is 25.0 Å². The summed E-state index contributed by atoms with van der Waals surface area (Å²) in [6.45, 7) is 1.65. The van der Waals surface area contributed by atoms with E-state index in [1.807, 2.05) is 0 Å². The van der Waals surface area contributed by atoms with Gasteiger partial charge in [0.1, 0.15) is 22.8 Å². The molecule has 5 aliphatic rings. The predicted octanol–water partition coefficient (Wildman–Crippen LogP) is 0.861. The number of likely N-dealkylation sites (N-methyl/N-ethyl adjacent to an activating group) is 1. The molecule has 9 N–H and O–H groups in total. The highest BCUT2D eigenvalue weighted by atomic mass is 32.2.